The third-order valence-electron chi connectivity index (χ3n) is 4.52. The van der Waals surface area contributed by atoms with Crippen LogP contribution in [0.1, 0.15) is 42.1 Å². The first-order valence-electron chi connectivity index (χ1n) is 8.70. The van der Waals surface area contributed by atoms with Gasteiger partial charge in [-0.1, -0.05) is 49.7 Å². The number of aromatic nitrogens is 1. The average molecular weight is 416 g/mol. The Kier molecular flexibility index (Phi) is 6.06. The van der Waals surface area contributed by atoms with Gasteiger partial charge in [-0.15, -0.1) is 11.3 Å². The molecule has 0 radical (unpaired) electrons. The van der Waals surface area contributed by atoms with E-state index in [4.69, 9.17) is 11.6 Å². The molecule has 3 rings (SSSR count). The number of amides is 1. The maximum atomic E-state index is 12.4. The number of nitrogens with zero attached hydrogens (tertiary/aromatic N) is 2. The smallest absolute Gasteiger partial charge is 0.288 e. The minimum atomic E-state index is -0.621. The molecule has 0 aliphatic rings. The molecule has 0 aliphatic heterocycles. The van der Waals surface area contributed by atoms with Crippen molar-refractivity contribution in [2.75, 3.05) is 5.32 Å². The lowest BCUT2D eigenvalue weighted by Gasteiger charge is -2.08. The molecule has 1 heterocycles. The Balaban J connectivity index is 1.75. The van der Waals surface area contributed by atoms with Crippen LogP contribution in [0.5, 0.6) is 0 Å². The van der Waals surface area contributed by atoms with Crippen LogP contribution < -0.4 is 5.32 Å². The number of anilines is 1. The molecule has 2 aromatic carbocycles. The van der Waals surface area contributed by atoms with Gasteiger partial charge in [0.15, 0.2) is 5.13 Å². The highest BCUT2D eigenvalue weighted by molar-refractivity contribution is 7.14. The maximum absolute atomic E-state index is 12.4. The number of carbonyl (C=O) groups excluding carboxylic acids is 1. The van der Waals surface area contributed by atoms with Crippen LogP contribution in [-0.4, -0.2) is 15.8 Å². The molecular weight excluding hydrogens is 398 g/mol. The summed E-state index contributed by atoms with van der Waals surface area (Å²) in [6.45, 7) is 4.34. The van der Waals surface area contributed by atoms with Crippen LogP contribution in [0.2, 0.25) is 5.02 Å². The zero-order valence-electron chi connectivity index (χ0n) is 15.3. The summed E-state index contributed by atoms with van der Waals surface area (Å²) in [6, 6.07) is 12.1. The van der Waals surface area contributed by atoms with Crippen molar-refractivity contribution in [1.82, 2.24) is 4.98 Å². The van der Waals surface area contributed by atoms with E-state index in [0.717, 1.165) is 23.7 Å². The van der Waals surface area contributed by atoms with Gasteiger partial charge in [0.05, 0.1) is 10.6 Å². The molecule has 144 valence electrons. The van der Waals surface area contributed by atoms with Crippen molar-refractivity contribution in [3.63, 3.8) is 0 Å². The number of nitrogens with one attached hydrogen (secondary N) is 1. The second-order valence-corrected chi connectivity index (χ2v) is 7.61. The molecule has 0 fully saturated rings. The second kappa shape index (κ2) is 8.50. The Labute approximate surface area is 171 Å². The summed E-state index contributed by atoms with van der Waals surface area (Å²) >= 11 is 7.08. The Morgan fingerprint density at radius 2 is 2.00 bits per heavy atom. The van der Waals surface area contributed by atoms with Crippen molar-refractivity contribution in [1.29, 1.82) is 0 Å². The first-order valence-corrected chi connectivity index (χ1v) is 9.96. The van der Waals surface area contributed by atoms with Crippen LogP contribution in [0, 0.1) is 10.1 Å². The third kappa shape index (κ3) is 4.37. The number of benzene rings is 2. The van der Waals surface area contributed by atoms with E-state index < -0.39 is 10.8 Å². The fraction of sp³-hybridized carbons (Fsp3) is 0.200. The van der Waals surface area contributed by atoms with E-state index in [9.17, 15) is 14.9 Å². The van der Waals surface area contributed by atoms with Crippen molar-refractivity contribution < 1.29 is 9.72 Å². The third-order valence-corrected chi connectivity index (χ3v) is 5.59. The van der Waals surface area contributed by atoms with Crippen LogP contribution >= 0.6 is 22.9 Å². The molecule has 1 N–H and O–H groups in total. The predicted octanol–water partition coefficient (Wildman–Crippen LogP) is 6.14. The van der Waals surface area contributed by atoms with Gasteiger partial charge in [-0.2, -0.15) is 0 Å². The van der Waals surface area contributed by atoms with Crippen molar-refractivity contribution >= 4 is 39.7 Å². The van der Waals surface area contributed by atoms with E-state index in [0.29, 0.717) is 11.0 Å². The lowest BCUT2D eigenvalue weighted by molar-refractivity contribution is -0.384. The number of carbonyl (C=O) groups is 1. The second-order valence-electron chi connectivity index (χ2n) is 6.35. The molecule has 3 aromatic rings. The average Bonchev–Trinajstić information content (AvgIpc) is 3.16. The zero-order valence-corrected chi connectivity index (χ0v) is 16.9. The number of rotatable bonds is 6. The number of nitro groups is 1. The number of nitro benzene ring substituents is 1. The Morgan fingerprint density at radius 1 is 1.29 bits per heavy atom. The topological polar surface area (TPSA) is 85.1 Å². The van der Waals surface area contributed by atoms with Crippen LogP contribution in [0.25, 0.3) is 11.3 Å². The van der Waals surface area contributed by atoms with Crippen molar-refractivity contribution in [3.05, 3.63) is 74.1 Å². The highest BCUT2D eigenvalue weighted by atomic mass is 35.5. The molecule has 1 amide bonds. The number of hydrogen-bond acceptors (Lipinski definition) is 5. The van der Waals surface area contributed by atoms with Gasteiger partial charge in [0.2, 0.25) is 0 Å². The minimum Gasteiger partial charge on any atom is -0.298 e. The molecule has 0 saturated heterocycles. The van der Waals surface area contributed by atoms with Gasteiger partial charge in [-0.3, -0.25) is 20.2 Å². The standard InChI is InChI=1S/C20H18ClN3O3S/c1-3-12(2)13-4-6-14(7-5-13)17-11-28-20(22-17)23-19(25)15-8-9-16(21)18(10-15)24(26)27/h4-12H,3H2,1-2H3,(H,22,23,25). The summed E-state index contributed by atoms with van der Waals surface area (Å²) in [5.74, 6) is 0.0237. The Bertz CT molecular complexity index is 1020. The summed E-state index contributed by atoms with van der Waals surface area (Å²) in [4.78, 5) is 27.2. The van der Waals surface area contributed by atoms with E-state index in [1.54, 1.807) is 0 Å². The highest BCUT2D eigenvalue weighted by Gasteiger charge is 2.17. The van der Waals surface area contributed by atoms with E-state index in [1.807, 2.05) is 17.5 Å². The van der Waals surface area contributed by atoms with Crippen LogP contribution in [0.3, 0.4) is 0 Å². The minimum absolute atomic E-state index is 0.0149. The fourth-order valence-corrected chi connectivity index (χ4v) is 3.55. The molecule has 0 aliphatic carbocycles. The lowest BCUT2D eigenvalue weighted by Crippen LogP contribution is -2.12. The molecule has 1 aromatic heterocycles. The molecule has 0 saturated carbocycles. The first kappa shape index (κ1) is 20.0. The first-order chi connectivity index (χ1) is 13.4. The molecular formula is C20H18ClN3O3S. The lowest BCUT2D eigenvalue weighted by atomic mass is 9.97. The van der Waals surface area contributed by atoms with Gasteiger partial charge in [0.25, 0.3) is 11.6 Å². The van der Waals surface area contributed by atoms with Crippen LogP contribution in [0.4, 0.5) is 10.8 Å². The van der Waals surface area contributed by atoms with Gasteiger partial charge in [-0.25, -0.2) is 4.98 Å². The summed E-state index contributed by atoms with van der Waals surface area (Å²) in [6.07, 6.45) is 1.08. The summed E-state index contributed by atoms with van der Waals surface area (Å²) in [5, 5.41) is 15.9. The Morgan fingerprint density at radius 3 is 2.64 bits per heavy atom. The van der Waals surface area contributed by atoms with Crippen molar-refractivity contribution in [2.45, 2.75) is 26.2 Å². The van der Waals surface area contributed by atoms with E-state index in [-0.39, 0.29) is 16.3 Å². The van der Waals surface area contributed by atoms with E-state index >= 15 is 0 Å². The fourth-order valence-electron chi connectivity index (χ4n) is 2.64. The SMILES string of the molecule is CCC(C)c1ccc(-c2csc(NC(=O)c3ccc(Cl)c([N+](=O)[O-])c3)n2)cc1. The quantitative estimate of drug-likeness (QED) is 0.387. The molecule has 0 bridgehead atoms. The van der Waals surface area contributed by atoms with Crippen molar-refractivity contribution in [3.8, 4) is 11.3 Å². The van der Waals surface area contributed by atoms with Gasteiger partial charge >= 0.3 is 0 Å². The van der Waals surface area contributed by atoms with Crippen LogP contribution in [0.15, 0.2) is 47.8 Å². The normalized spacial score (nSPS) is 11.8. The maximum Gasteiger partial charge on any atom is 0.288 e. The largest absolute Gasteiger partial charge is 0.298 e. The Hall–Kier alpha value is -2.77. The molecule has 28 heavy (non-hydrogen) atoms. The van der Waals surface area contributed by atoms with Gasteiger partial charge < -0.3 is 0 Å². The van der Waals surface area contributed by atoms with Gasteiger partial charge in [-0.05, 0) is 30.0 Å². The molecule has 8 heteroatoms. The van der Waals surface area contributed by atoms with Crippen molar-refractivity contribution in [2.24, 2.45) is 0 Å². The summed E-state index contributed by atoms with van der Waals surface area (Å²) < 4.78 is 0. The summed E-state index contributed by atoms with van der Waals surface area (Å²) in [7, 11) is 0. The molecule has 1 unspecified atom stereocenters. The van der Waals surface area contributed by atoms with Gasteiger partial charge in [0, 0.05) is 22.6 Å². The molecule has 1 atom stereocenters. The summed E-state index contributed by atoms with van der Waals surface area (Å²) in [5.41, 5.74) is 2.84. The number of halogens is 1. The molecule has 6 nitrogen and oxygen atoms in total. The van der Waals surface area contributed by atoms with E-state index in [2.05, 4.69) is 36.3 Å². The number of thiazole rings is 1. The monoisotopic (exact) mass is 415 g/mol. The zero-order chi connectivity index (χ0) is 20.3. The van der Waals surface area contributed by atoms with Gasteiger partial charge in [0.1, 0.15) is 5.02 Å². The number of hydrogen-bond donors (Lipinski definition) is 1. The highest BCUT2D eigenvalue weighted by Crippen LogP contribution is 2.29. The molecule has 0 spiro atoms. The van der Waals surface area contributed by atoms with Crippen LogP contribution in [-0.2, 0) is 0 Å². The predicted molar refractivity (Wildman–Crippen MR) is 112 cm³/mol. The van der Waals surface area contributed by atoms with E-state index in [1.165, 1.54) is 29.0 Å².